The molecule has 1 saturated carbocycles. The molecule has 2 aliphatic rings. The molecule has 1 aromatic carbocycles. The summed E-state index contributed by atoms with van der Waals surface area (Å²) in [6.45, 7) is -0.209. The van der Waals surface area contributed by atoms with Gasteiger partial charge in [0.15, 0.2) is 0 Å². The molecule has 5 heteroatoms. The largest absolute Gasteiger partial charge is 0.480 e. The molecule has 1 atom stereocenters. The van der Waals surface area contributed by atoms with Crippen LogP contribution in [-0.2, 0) is 17.6 Å². The van der Waals surface area contributed by atoms with Gasteiger partial charge in [-0.1, -0.05) is 24.3 Å². The van der Waals surface area contributed by atoms with Gasteiger partial charge >= 0.3 is 12.0 Å². The van der Waals surface area contributed by atoms with Gasteiger partial charge in [0.2, 0.25) is 0 Å². The van der Waals surface area contributed by atoms with E-state index in [2.05, 4.69) is 17.4 Å². The third-order valence-electron chi connectivity index (χ3n) is 4.23. The fourth-order valence-corrected chi connectivity index (χ4v) is 2.98. The number of nitrogens with one attached hydrogen (secondary N) is 1. The average Bonchev–Trinajstić information content (AvgIpc) is 3.29. The Morgan fingerprint density at radius 3 is 2.57 bits per heavy atom. The predicted octanol–water partition coefficient (Wildman–Crippen LogP) is 1.80. The third kappa shape index (κ3) is 3.35. The SMILES string of the molecule is O=C(O)CN(C(=O)NC1CCc2ccccc2C1)C1CC1. The lowest BCUT2D eigenvalue weighted by Gasteiger charge is -2.28. The molecular formula is C16H20N2O3. The Bertz CT molecular complexity index is 554. The summed E-state index contributed by atoms with van der Waals surface area (Å²) < 4.78 is 0. The highest BCUT2D eigenvalue weighted by Gasteiger charge is 2.34. The topological polar surface area (TPSA) is 69.6 Å². The van der Waals surface area contributed by atoms with Crippen molar-refractivity contribution in [3.63, 3.8) is 0 Å². The quantitative estimate of drug-likeness (QED) is 0.887. The summed E-state index contributed by atoms with van der Waals surface area (Å²) in [5, 5.41) is 11.9. The second-order valence-electron chi connectivity index (χ2n) is 5.91. The van der Waals surface area contributed by atoms with E-state index in [1.807, 2.05) is 12.1 Å². The van der Waals surface area contributed by atoms with Gasteiger partial charge < -0.3 is 15.3 Å². The fourth-order valence-electron chi connectivity index (χ4n) is 2.98. The van der Waals surface area contributed by atoms with Gasteiger partial charge in [-0.3, -0.25) is 4.79 Å². The molecule has 0 heterocycles. The summed E-state index contributed by atoms with van der Waals surface area (Å²) >= 11 is 0. The first-order chi connectivity index (χ1) is 10.1. The summed E-state index contributed by atoms with van der Waals surface area (Å²) in [4.78, 5) is 24.6. The highest BCUT2D eigenvalue weighted by Crippen LogP contribution is 2.27. The van der Waals surface area contributed by atoms with Crippen LogP contribution in [0, 0.1) is 0 Å². The Labute approximate surface area is 123 Å². The van der Waals surface area contributed by atoms with Crippen LogP contribution in [0.2, 0.25) is 0 Å². The van der Waals surface area contributed by atoms with Crippen LogP contribution in [0.3, 0.4) is 0 Å². The zero-order valence-corrected chi connectivity index (χ0v) is 11.9. The average molecular weight is 288 g/mol. The highest BCUT2D eigenvalue weighted by atomic mass is 16.4. The van der Waals surface area contributed by atoms with Crippen molar-refractivity contribution in [3.8, 4) is 0 Å². The summed E-state index contributed by atoms with van der Waals surface area (Å²) in [6, 6.07) is 8.27. The van der Waals surface area contributed by atoms with Crippen LogP contribution in [0.15, 0.2) is 24.3 Å². The smallest absolute Gasteiger partial charge is 0.323 e. The lowest BCUT2D eigenvalue weighted by atomic mass is 9.88. The lowest BCUT2D eigenvalue weighted by molar-refractivity contribution is -0.137. The number of benzene rings is 1. The monoisotopic (exact) mass is 288 g/mol. The molecule has 2 N–H and O–H groups in total. The van der Waals surface area contributed by atoms with Gasteiger partial charge in [-0.15, -0.1) is 0 Å². The predicted molar refractivity (Wildman–Crippen MR) is 78.2 cm³/mol. The van der Waals surface area contributed by atoms with E-state index in [1.165, 1.54) is 16.0 Å². The lowest BCUT2D eigenvalue weighted by Crippen LogP contribution is -2.49. The van der Waals surface area contributed by atoms with Crippen molar-refractivity contribution in [1.82, 2.24) is 10.2 Å². The van der Waals surface area contributed by atoms with Crippen LogP contribution in [-0.4, -0.2) is 40.6 Å². The van der Waals surface area contributed by atoms with Crippen molar-refractivity contribution in [3.05, 3.63) is 35.4 Å². The number of hydrogen-bond donors (Lipinski definition) is 2. The van der Waals surface area contributed by atoms with Crippen molar-refractivity contribution in [2.75, 3.05) is 6.54 Å². The molecule has 0 aromatic heterocycles. The van der Waals surface area contributed by atoms with E-state index in [9.17, 15) is 9.59 Å². The van der Waals surface area contributed by atoms with Crippen LogP contribution in [0.1, 0.15) is 30.4 Å². The summed E-state index contributed by atoms with van der Waals surface area (Å²) in [5.74, 6) is -0.953. The number of aliphatic carboxylic acids is 1. The normalized spacial score (nSPS) is 20.5. The second-order valence-corrected chi connectivity index (χ2v) is 5.91. The van der Waals surface area contributed by atoms with Crippen molar-refractivity contribution < 1.29 is 14.7 Å². The molecular weight excluding hydrogens is 268 g/mol. The van der Waals surface area contributed by atoms with E-state index >= 15 is 0 Å². The van der Waals surface area contributed by atoms with E-state index in [0.29, 0.717) is 0 Å². The van der Waals surface area contributed by atoms with Gasteiger partial charge in [-0.05, 0) is 43.2 Å². The van der Waals surface area contributed by atoms with Crippen LogP contribution < -0.4 is 5.32 Å². The maximum Gasteiger partial charge on any atom is 0.323 e. The minimum absolute atomic E-state index is 0.0995. The number of aryl methyl sites for hydroxylation is 1. The highest BCUT2D eigenvalue weighted by molar-refractivity contribution is 5.81. The number of carboxylic acids is 1. The number of rotatable bonds is 4. The van der Waals surface area contributed by atoms with Crippen molar-refractivity contribution in [1.29, 1.82) is 0 Å². The molecule has 1 aromatic rings. The number of urea groups is 1. The summed E-state index contributed by atoms with van der Waals surface area (Å²) in [5.41, 5.74) is 2.64. The van der Waals surface area contributed by atoms with E-state index in [0.717, 1.165) is 32.1 Å². The van der Waals surface area contributed by atoms with Gasteiger partial charge in [0.25, 0.3) is 0 Å². The zero-order valence-electron chi connectivity index (χ0n) is 11.9. The molecule has 2 aliphatic carbocycles. The summed E-state index contributed by atoms with van der Waals surface area (Å²) in [6.07, 6.45) is 4.52. The first-order valence-corrected chi connectivity index (χ1v) is 7.49. The minimum atomic E-state index is -0.953. The van der Waals surface area contributed by atoms with Crippen LogP contribution >= 0.6 is 0 Å². The first-order valence-electron chi connectivity index (χ1n) is 7.49. The minimum Gasteiger partial charge on any atom is -0.480 e. The van der Waals surface area contributed by atoms with Crippen molar-refractivity contribution >= 4 is 12.0 Å². The van der Waals surface area contributed by atoms with E-state index < -0.39 is 5.97 Å². The van der Waals surface area contributed by atoms with Crippen molar-refractivity contribution in [2.45, 2.75) is 44.2 Å². The maximum absolute atomic E-state index is 12.3. The molecule has 112 valence electrons. The van der Waals surface area contributed by atoms with Gasteiger partial charge in [0.05, 0.1) is 0 Å². The zero-order chi connectivity index (χ0) is 14.8. The Morgan fingerprint density at radius 1 is 1.19 bits per heavy atom. The molecule has 3 rings (SSSR count). The number of carbonyl (C=O) groups excluding carboxylic acids is 1. The van der Waals surface area contributed by atoms with E-state index in [4.69, 9.17) is 5.11 Å². The summed E-state index contributed by atoms with van der Waals surface area (Å²) in [7, 11) is 0. The molecule has 5 nitrogen and oxygen atoms in total. The van der Waals surface area contributed by atoms with Gasteiger partial charge in [-0.25, -0.2) is 4.79 Å². The van der Waals surface area contributed by atoms with E-state index in [1.54, 1.807) is 0 Å². The number of carboxylic acid groups (broad SMARTS) is 1. The second kappa shape index (κ2) is 5.76. The van der Waals surface area contributed by atoms with Crippen LogP contribution in [0.5, 0.6) is 0 Å². The number of amides is 2. The third-order valence-corrected chi connectivity index (χ3v) is 4.23. The molecule has 0 saturated heterocycles. The van der Waals surface area contributed by atoms with Gasteiger partial charge in [0, 0.05) is 12.1 Å². The molecule has 2 amide bonds. The molecule has 21 heavy (non-hydrogen) atoms. The molecule has 1 fully saturated rings. The number of hydrogen-bond acceptors (Lipinski definition) is 2. The maximum atomic E-state index is 12.3. The van der Waals surface area contributed by atoms with Gasteiger partial charge in [0.1, 0.15) is 6.54 Å². The molecule has 0 bridgehead atoms. The number of carbonyl (C=O) groups is 2. The van der Waals surface area contributed by atoms with Gasteiger partial charge in [-0.2, -0.15) is 0 Å². The molecule has 0 spiro atoms. The van der Waals surface area contributed by atoms with Crippen molar-refractivity contribution in [2.24, 2.45) is 0 Å². The standard InChI is InChI=1S/C16H20N2O3/c19-15(20)10-18(14-7-8-14)16(21)17-13-6-5-11-3-1-2-4-12(11)9-13/h1-4,13-14H,5-10H2,(H,17,21)(H,19,20). The number of fused-ring (bicyclic) bond motifs is 1. The van der Waals surface area contributed by atoms with Crippen LogP contribution in [0.25, 0.3) is 0 Å². The number of nitrogens with zero attached hydrogens (tertiary/aromatic N) is 1. The Kier molecular flexibility index (Phi) is 3.82. The Morgan fingerprint density at radius 2 is 1.90 bits per heavy atom. The Hall–Kier alpha value is -2.04. The first kappa shape index (κ1) is 13.9. The Balaban J connectivity index is 1.61. The fraction of sp³-hybridized carbons (Fsp3) is 0.500. The molecule has 0 aliphatic heterocycles. The molecule has 0 radical (unpaired) electrons. The van der Waals surface area contributed by atoms with Crippen LogP contribution in [0.4, 0.5) is 4.79 Å². The molecule has 1 unspecified atom stereocenters. The van der Waals surface area contributed by atoms with E-state index in [-0.39, 0.29) is 24.7 Å².